The standard InChI is InChI=1S/C16H18BrNO3/c17-12-5-3-11(4-6-12)16(7-8-16)15(21)18-13(9-14(19)20)10-1-2-10/h3-6,10,13H,1-2,7-9H2,(H,18,21)(H,19,20). The number of rotatable bonds is 6. The molecule has 0 saturated heterocycles. The maximum atomic E-state index is 12.6. The van der Waals surface area contributed by atoms with E-state index in [4.69, 9.17) is 5.11 Å². The Morgan fingerprint density at radius 1 is 1.29 bits per heavy atom. The number of carbonyl (C=O) groups excluding carboxylic acids is 1. The van der Waals surface area contributed by atoms with E-state index in [9.17, 15) is 9.59 Å². The number of nitrogens with one attached hydrogen (secondary N) is 1. The minimum absolute atomic E-state index is 0.0111. The van der Waals surface area contributed by atoms with E-state index >= 15 is 0 Å². The van der Waals surface area contributed by atoms with Gasteiger partial charge in [-0.1, -0.05) is 28.1 Å². The van der Waals surface area contributed by atoms with Gasteiger partial charge in [0.15, 0.2) is 0 Å². The Labute approximate surface area is 132 Å². The van der Waals surface area contributed by atoms with Crippen molar-refractivity contribution in [2.75, 3.05) is 0 Å². The van der Waals surface area contributed by atoms with E-state index in [2.05, 4.69) is 21.2 Å². The van der Waals surface area contributed by atoms with Crippen LogP contribution in [-0.4, -0.2) is 23.0 Å². The molecule has 2 N–H and O–H groups in total. The molecule has 1 amide bonds. The number of benzene rings is 1. The third kappa shape index (κ3) is 3.12. The van der Waals surface area contributed by atoms with Gasteiger partial charge in [-0.3, -0.25) is 9.59 Å². The molecule has 0 bridgehead atoms. The highest BCUT2D eigenvalue weighted by molar-refractivity contribution is 9.10. The molecule has 0 spiro atoms. The van der Waals surface area contributed by atoms with Crippen molar-refractivity contribution in [2.45, 2.75) is 43.6 Å². The van der Waals surface area contributed by atoms with Gasteiger partial charge in [-0.2, -0.15) is 0 Å². The average molecular weight is 352 g/mol. The summed E-state index contributed by atoms with van der Waals surface area (Å²) < 4.78 is 0.990. The zero-order valence-electron chi connectivity index (χ0n) is 11.6. The predicted octanol–water partition coefficient (Wildman–Crippen LogP) is 2.85. The van der Waals surface area contributed by atoms with E-state index in [-0.39, 0.29) is 18.4 Å². The number of carbonyl (C=O) groups is 2. The summed E-state index contributed by atoms with van der Waals surface area (Å²) >= 11 is 3.40. The molecular formula is C16H18BrNO3. The maximum Gasteiger partial charge on any atom is 0.305 e. The van der Waals surface area contributed by atoms with Gasteiger partial charge in [0.05, 0.1) is 11.8 Å². The van der Waals surface area contributed by atoms with Gasteiger partial charge in [0.1, 0.15) is 0 Å². The SMILES string of the molecule is O=C(O)CC(NC(=O)C1(c2ccc(Br)cc2)CC1)C1CC1. The third-order valence-corrected chi connectivity index (χ3v) is 5.01. The van der Waals surface area contributed by atoms with Gasteiger partial charge in [0.2, 0.25) is 5.91 Å². The first-order valence-electron chi connectivity index (χ1n) is 7.30. The van der Waals surface area contributed by atoms with Crippen molar-refractivity contribution in [3.8, 4) is 0 Å². The summed E-state index contributed by atoms with van der Waals surface area (Å²) in [4.78, 5) is 23.6. The fraction of sp³-hybridized carbons (Fsp3) is 0.500. The molecule has 4 nitrogen and oxygen atoms in total. The number of carboxylic acids is 1. The molecule has 21 heavy (non-hydrogen) atoms. The van der Waals surface area contributed by atoms with Crippen LogP contribution >= 0.6 is 15.9 Å². The molecule has 2 fully saturated rings. The second-order valence-electron chi connectivity index (χ2n) is 6.10. The second kappa shape index (κ2) is 5.44. The molecule has 0 radical (unpaired) electrons. The Bertz CT molecular complexity index is 561. The molecule has 0 heterocycles. The van der Waals surface area contributed by atoms with Crippen LogP contribution in [0.15, 0.2) is 28.7 Å². The van der Waals surface area contributed by atoms with Crippen molar-refractivity contribution in [1.29, 1.82) is 0 Å². The zero-order chi connectivity index (χ0) is 15.0. The number of amides is 1. The van der Waals surface area contributed by atoms with E-state index < -0.39 is 11.4 Å². The highest BCUT2D eigenvalue weighted by Gasteiger charge is 2.52. The van der Waals surface area contributed by atoms with Crippen molar-refractivity contribution in [2.24, 2.45) is 5.92 Å². The van der Waals surface area contributed by atoms with Gasteiger partial charge in [0.25, 0.3) is 0 Å². The minimum atomic E-state index is -0.847. The fourth-order valence-electron chi connectivity index (χ4n) is 2.87. The van der Waals surface area contributed by atoms with Crippen LogP contribution in [0, 0.1) is 5.92 Å². The van der Waals surface area contributed by atoms with Gasteiger partial charge in [0, 0.05) is 10.5 Å². The van der Waals surface area contributed by atoms with E-state index in [1.54, 1.807) is 0 Å². The smallest absolute Gasteiger partial charge is 0.305 e. The van der Waals surface area contributed by atoms with Crippen LogP contribution < -0.4 is 5.32 Å². The maximum absolute atomic E-state index is 12.6. The van der Waals surface area contributed by atoms with Crippen molar-refractivity contribution < 1.29 is 14.7 Å². The highest BCUT2D eigenvalue weighted by Crippen LogP contribution is 2.49. The lowest BCUT2D eigenvalue weighted by Gasteiger charge is -2.21. The summed E-state index contributed by atoms with van der Waals surface area (Å²) in [5, 5.41) is 12.0. The van der Waals surface area contributed by atoms with E-state index in [1.807, 2.05) is 24.3 Å². The molecule has 112 valence electrons. The predicted molar refractivity (Wildman–Crippen MR) is 82.0 cm³/mol. The van der Waals surface area contributed by atoms with Crippen LogP contribution in [0.3, 0.4) is 0 Å². The first kappa shape index (κ1) is 14.6. The fourth-order valence-corrected chi connectivity index (χ4v) is 3.13. The molecule has 1 aromatic rings. The average Bonchev–Trinajstić information content (AvgIpc) is 3.31. The molecule has 2 aliphatic rings. The number of hydrogen-bond donors (Lipinski definition) is 2. The lowest BCUT2D eigenvalue weighted by Crippen LogP contribution is -2.43. The lowest BCUT2D eigenvalue weighted by molar-refractivity contribution is -0.138. The highest BCUT2D eigenvalue weighted by atomic mass is 79.9. The lowest BCUT2D eigenvalue weighted by atomic mass is 9.94. The Morgan fingerprint density at radius 3 is 2.38 bits per heavy atom. The third-order valence-electron chi connectivity index (χ3n) is 4.48. The van der Waals surface area contributed by atoms with Crippen LogP contribution in [0.4, 0.5) is 0 Å². The van der Waals surface area contributed by atoms with Gasteiger partial charge < -0.3 is 10.4 Å². The van der Waals surface area contributed by atoms with Crippen LogP contribution in [0.25, 0.3) is 0 Å². The number of hydrogen-bond acceptors (Lipinski definition) is 2. The van der Waals surface area contributed by atoms with Gasteiger partial charge in [-0.25, -0.2) is 0 Å². The molecule has 0 aliphatic heterocycles. The molecule has 1 atom stereocenters. The molecule has 2 aliphatic carbocycles. The molecule has 2 saturated carbocycles. The number of halogens is 1. The Balaban J connectivity index is 1.72. The van der Waals surface area contributed by atoms with Gasteiger partial charge in [-0.15, -0.1) is 0 Å². The molecular weight excluding hydrogens is 334 g/mol. The minimum Gasteiger partial charge on any atom is -0.481 e. The van der Waals surface area contributed by atoms with Crippen LogP contribution in [-0.2, 0) is 15.0 Å². The zero-order valence-corrected chi connectivity index (χ0v) is 13.2. The van der Waals surface area contributed by atoms with Crippen molar-refractivity contribution >= 4 is 27.8 Å². The quantitative estimate of drug-likeness (QED) is 0.827. The molecule has 1 unspecified atom stereocenters. The molecule has 5 heteroatoms. The number of carboxylic acid groups (broad SMARTS) is 1. The van der Waals surface area contributed by atoms with Crippen LogP contribution in [0.1, 0.15) is 37.7 Å². The van der Waals surface area contributed by atoms with Crippen molar-refractivity contribution in [3.05, 3.63) is 34.3 Å². The van der Waals surface area contributed by atoms with E-state index in [0.29, 0.717) is 5.92 Å². The largest absolute Gasteiger partial charge is 0.481 e. The van der Waals surface area contributed by atoms with Crippen LogP contribution in [0.5, 0.6) is 0 Å². The summed E-state index contributed by atoms with van der Waals surface area (Å²) in [6.45, 7) is 0. The molecule has 3 rings (SSSR count). The van der Waals surface area contributed by atoms with Gasteiger partial charge >= 0.3 is 5.97 Å². The Hall–Kier alpha value is -1.36. The Kier molecular flexibility index (Phi) is 3.78. The summed E-state index contributed by atoms with van der Waals surface area (Å²) in [7, 11) is 0. The van der Waals surface area contributed by atoms with Gasteiger partial charge in [-0.05, 0) is 49.3 Å². The monoisotopic (exact) mass is 351 g/mol. The summed E-state index contributed by atoms with van der Waals surface area (Å²) in [6, 6.07) is 7.61. The summed E-state index contributed by atoms with van der Waals surface area (Å²) in [6.07, 6.45) is 3.73. The molecule has 1 aromatic carbocycles. The second-order valence-corrected chi connectivity index (χ2v) is 7.02. The molecule has 0 aromatic heterocycles. The summed E-state index contributed by atoms with van der Waals surface area (Å²) in [5.41, 5.74) is 0.583. The van der Waals surface area contributed by atoms with Crippen molar-refractivity contribution in [1.82, 2.24) is 5.32 Å². The Morgan fingerprint density at radius 2 is 1.90 bits per heavy atom. The number of aliphatic carboxylic acids is 1. The van der Waals surface area contributed by atoms with E-state index in [0.717, 1.165) is 35.7 Å². The topological polar surface area (TPSA) is 66.4 Å². The first-order chi connectivity index (χ1) is 10.0. The first-order valence-corrected chi connectivity index (χ1v) is 8.09. The summed E-state index contributed by atoms with van der Waals surface area (Å²) in [5.74, 6) is -0.519. The van der Waals surface area contributed by atoms with Crippen LogP contribution in [0.2, 0.25) is 0 Å². The normalized spacial score (nSPS) is 20.6. The van der Waals surface area contributed by atoms with E-state index in [1.165, 1.54) is 0 Å². The van der Waals surface area contributed by atoms with Crippen molar-refractivity contribution in [3.63, 3.8) is 0 Å².